The summed E-state index contributed by atoms with van der Waals surface area (Å²) in [6.45, 7) is 0.648. The van der Waals surface area contributed by atoms with Crippen molar-refractivity contribution < 1.29 is 0 Å². The van der Waals surface area contributed by atoms with Gasteiger partial charge in [0.2, 0.25) is 0 Å². The van der Waals surface area contributed by atoms with Gasteiger partial charge in [-0.05, 0) is 24.6 Å². The maximum Gasteiger partial charge on any atom is 0.0932 e. The lowest BCUT2D eigenvalue weighted by Gasteiger charge is -2.01. The SMILES string of the molecule is NCCc1cnnc2ccccc12. The molecule has 66 valence electrons. The van der Waals surface area contributed by atoms with Crippen molar-refractivity contribution in [2.24, 2.45) is 5.73 Å². The number of nitrogens with two attached hydrogens (primary N) is 1. The topological polar surface area (TPSA) is 51.8 Å². The van der Waals surface area contributed by atoms with Crippen molar-refractivity contribution in [3.63, 3.8) is 0 Å². The predicted octanol–water partition coefficient (Wildman–Crippen LogP) is 1.13. The van der Waals surface area contributed by atoms with Gasteiger partial charge in [-0.25, -0.2) is 0 Å². The Labute approximate surface area is 76.6 Å². The number of aromatic nitrogens is 2. The second kappa shape index (κ2) is 3.49. The monoisotopic (exact) mass is 173 g/mol. The van der Waals surface area contributed by atoms with E-state index in [1.807, 2.05) is 18.2 Å². The van der Waals surface area contributed by atoms with Crippen LogP contribution in [-0.4, -0.2) is 16.7 Å². The Balaban J connectivity index is 2.61. The van der Waals surface area contributed by atoms with E-state index in [2.05, 4.69) is 16.3 Å². The van der Waals surface area contributed by atoms with Crippen LogP contribution < -0.4 is 5.73 Å². The zero-order valence-corrected chi connectivity index (χ0v) is 7.27. The van der Waals surface area contributed by atoms with E-state index in [1.54, 1.807) is 6.20 Å². The van der Waals surface area contributed by atoms with Gasteiger partial charge in [-0.15, -0.1) is 0 Å². The van der Waals surface area contributed by atoms with Crippen molar-refractivity contribution >= 4 is 10.9 Å². The molecular formula is C10H11N3. The summed E-state index contributed by atoms with van der Waals surface area (Å²) in [5, 5.41) is 9.11. The van der Waals surface area contributed by atoms with Gasteiger partial charge in [-0.3, -0.25) is 0 Å². The van der Waals surface area contributed by atoms with Crippen LogP contribution in [0, 0.1) is 0 Å². The van der Waals surface area contributed by atoms with Gasteiger partial charge in [0, 0.05) is 5.39 Å². The van der Waals surface area contributed by atoms with Crippen LogP contribution in [-0.2, 0) is 6.42 Å². The Kier molecular flexibility index (Phi) is 2.19. The lowest BCUT2D eigenvalue weighted by Crippen LogP contribution is -2.04. The zero-order valence-electron chi connectivity index (χ0n) is 7.27. The number of nitrogens with zero attached hydrogens (tertiary/aromatic N) is 2. The van der Waals surface area contributed by atoms with E-state index >= 15 is 0 Å². The Bertz CT molecular complexity index is 406. The van der Waals surface area contributed by atoms with E-state index < -0.39 is 0 Å². The largest absolute Gasteiger partial charge is 0.330 e. The Morgan fingerprint density at radius 1 is 1.23 bits per heavy atom. The second-order valence-corrected chi connectivity index (χ2v) is 2.93. The molecule has 0 saturated heterocycles. The fraction of sp³-hybridized carbons (Fsp3) is 0.200. The summed E-state index contributed by atoms with van der Waals surface area (Å²) in [5.41, 5.74) is 7.62. The number of hydrogen-bond donors (Lipinski definition) is 1. The van der Waals surface area contributed by atoms with Crippen LogP contribution in [0.3, 0.4) is 0 Å². The minimum Gasteiger partial charge on any atom is -0.330 e. The second-order valence-electron chi connectivity index (χ2n) is 2.93. The lowest BCUT2D eigenvalue weighted by atomic mass is 10.1. The molecule has 0 fully saturated rings. The van der Waals surface area contributed by atoms with Gasteiger partial charge in [0.1, 0.15) is 0 Å². The van der Waals surface area contributed by atoms with E-state index in [0.717, 1.165) is 17.3 Å². The van der Waals surface area contributed by atoms with E-state index in [9.17, 15) is 0 Å². The van der Waals surface area contributed by atoms with Gasteiger partial charge in [0.05, 0.1) is 11.7 Å². The van der Waals surface area contributed by atoms with E-state index in [-0.39, 0.29) is 0 Å². The maximum atomic E-state index is 5.50. The standard InChI is InChI=1S/C10H11N3/c11-6-5-8-7-12-13-10-4-2-1-3-9(8)10/h1-4,7H,5-6,11H2. The third-order valence-electron chi connectivity index (χ3n) is 2.04. The molecular weight excluding hydrogens is 162 g/mol. The number of hydrogen-bond acceptors (Lipinski definition) is 3. The summed E-state index contributed by atoms with van der Waals surface area (Å²) in [7, 11) is 0. The highest BCUT2D eigenvalue weighted by molar-refractivity contribution is 5.81. The van der Waals surface area contributed by atoms with Crippen LogP contribution in [0.5, 0.6) is 0 Å². The molecule has 3 heteroatoms. The first-order valence-corrected chi connectivity index (χ1v) is 4.31. The Morgan fingerprint density at radius 3 is 2.92 bits per heavy atom. The van der Waals surface area contributed by atoms with Crippen LogP contribution in [0.1, 0.15) is 5.56 Å². The smallest absolute Gasteiger partial charge is 0.0932 e. The fourth-order valence-electron chi connectivity index (χ4n) is 1.42. The van der Waals surface area contributed by atoms with Crippen molar-refractivity contribution in [3.05, 3.63) is 36.0 Å². The van der Waals surface area contributed by atoms with Gasteiger partial charge >= 0.3 is 0 Å². The van der Waals surface area contributed by atoms with Crippen LogP contribution in [0.15, 0.2) is 30.5 Å². The number of benzene rings is 1. The van der Waals surface area contributed by atoms with Crippen LogP contribution in [0.25, 0.3) is 10.9 Å². The quantitative estimate of drug-likeness (QED) is 0.740. The third-order valence-corrected chi connectivity index (χ3v) is 2.04. The van der Waals surface area contributed by atoms with Crippen molar-refractivity contribution in [3.8, 4) is 0 Å². The van der Waals surface area contributed by atoms with Gasteiger partial charge in [-0.1, -0.05) is 18.2 Å². The predicted molar refractivity (Wildman–Crippen MR) is 52.3 cm³/mol. The minimum atomic E-state index is 0.648. The van der Waals surface area contributed by atoms with Crippen molar-refractivity contribution in [2.75, 3.05) is 6.54 Å². The summed E-state index contributed by atoms with van der Waals surface area (Å²) >= 11 is 0. The van der Waals surface area contributed by atoms with Crippen LogP contribution in [0.4, 0.5) is 0 Å². The molecule has 2 aromatic rings. The molecule has 0 radical (unpaired) electrons. The molecule has 0 atom stereocenters. The van der Waals surface area contributed by atoms with Crippen molar-refractivity contribution in [2.45, 2.75) is 6.42 Å². The lowest BCUT2D eigenvalue weighted by molar-refractivity contribution is 0.948. The highest BCUT2D eigenvalue weighted by atomic mass is 15.1. The van der Waals surface area contributed by atoms with Gasteiger partial charge in [0.15, 0.2) is 0 Å². The molecule has 1 aromatic heterocycles. The van der Waals surface area contributed by atoms with E-state index in [0.29, 0.717) is 6.54 Å². The summed E-state index contributed by atoms with van der Waals surface area (Å²) < 4.78 is 0. The molecule has 0 bridgehead atoms. The highest BCUT2D eigenvalue weighted by Crippen LogP contribution is 2.14. The number of fused-ring (bicyclic) bond motifs is 1. The first-order valence-electron chi connectivity index (χ1n) is 4.31. The molecule has 1 aromatic carbocycles. The van der Waals surface area contributed by atoms with Crippen molar-refractivity contribution in [1.29, 1.82) is 0 Å². The first kappa shape index (κ1) is 8.13. The molecule has 0 aliphatic carbocycles. The molecule has 1 heterocycles. The van der Waals surface area contributed by atoms with Gasteiger partial charge in [-0.2, -0.15) is 10.2 Å². The molecule has 0 unspecified atom stereocenters. The number of rotatable bonds is 2. The summed E-state index contributed by atoms with van der Waals surface area (Å²) in [5.74, 6) is 0. The fourth-order valence-corrected chi connectivity index (χ4v) is 1.42. The van der Waals surface area contributed by atoms with Crippen molar-refractivity contribution in [1.82, 2.24) is 10.2 Å². The van der Waals surface area contributed by atoms with Gasteiger partial charge in [0.25, 0.3) is 0 Å². The summed E-state index contributed by atoms with van der Waals surface area (Å²) in [6.07, 6.45) is 2.64. The molecule has 0 amide bonds. The third kappa shape index (κ3) is 1.51. The molecule has 0 aliphatic rings. The highest BCUT2D eigenvalue weighted by Gasteiger charge is 1.99. The van der Waals surface area contributed by atoms with E-state index in [4.69, 9.17) is 5.73 Å². The Morgan fingerprint density at radius 2 is 2.08 bits per heavy atom. The normalized spacial score (nSPS) is 10.5. The average molecular weight is 173 g/mol. The molecule has 2 rings (SSSR count). The van der Waals surface area contributed by atoms with Crippen LogP contribution >= 0.6 is 0 Å². The molecule has 2 N–H and O–H groups in total. The summed E-state index contributed by atoms with van der Waals surface area (Å²) in [4.78, 5) is 0. The molecule has 3 nitrogen and oxygen atoms in total. The van der Waals surface area contributed by atoms with E-state index in [1.165, 1.54) is 5.56 Å². The maximum absolute atomic E-state index is 5.50. The minimum absolute atomic E-state index is 0.648. The van der Waals surface area contributed by atoms with Crippen LogP contribution in [0.2, 0.25) is 0 Å². The first-order chi connectivity index (χ1) is 6.42. The molecule has 0 spiro atoms. The Hall–Kier alpha value is -1.48. The summed E-state index contributed by atoms with van der Waals surface area (Å²) in [6, 6.07) is 7.98. The van der Waals surface area contributed by atoms with Gasteiger partial charge < -0.3 is 5.73 Å². The molecule has 0 saturated carbocycles. The zero-order chi connectivity index (χ0) is 9.10. The molecule has 0 aliphatic heterocycles. The average Bonchev–Trinajstić information content (AvgIpc) is 2.19. The molecule has 13 heavy (non-hydrogen) atoms.